The molecule has 3 heteroatoms. The normalized spacial score (nSPS) is 51.9. The van der Waals surface area contributed by atoms with Crippen LogP contribution < -0.4 is 11.3 Å². The van der Waals surface area contributed by atoms with Crippen LogP contribution in [0.4, 0.5) is 0 Å². The van der Waals surface area contributed by atoms with Crippen molar-refractivity contribution < 1.29 is 0 Å². The number of halogens is 1. The van der Waals surface area contributed by atoms with Crippen molar-refractivity contribution in [2.24, 2.45) is 29.5 Å². The lowest BCUT2D eigenvalue weighted by molar-refractivity contribution is -0.0135. The van der Waals surface area contributed by atoms with E-state index in [1.54, 1.807) is 0 Å². The molecule has 2 nitrogen and oxygen atoms in total. The standard InChI is InChI=1S/C10H18N2.ClH/c11-12-10-8-2-6-1-7(4-8)5-9(10)3-6;/h6-10,12H,1-5,11H2;1H. The zero-order valence-corrected chi connectivity index (χ0v) is 8.72. The summed E-state index contributed by atoms with van der Waals surface area (Å²) in [6.07, 6.45) is 7.37. The van der Waals surface area contributed by atoms with Gasteiger partial charge in [-0.1, -0.05) is 0 Å². The molecule has 4 aliphatic carbocycles. The zero-order chi connectivity index (χ0) is 8.13. The van der Waals surface area contributed by atoms with Crippen molar-refractivity contribution >= 4 is 12.4 Å². The summed E-state index contributed by atoms with van der Waals surface area (Å²) in [5, 5.41) is 0. The molecule has 13 heavy (non-hydrogen) atoms. The maximum Gasteiger partial charge on any atom is 0.0267 e. The summed E-state index contributed by atoms with van der Waals surface area (Å²) in [7, 11) is 0. The number of hydrogen-bond acceptors (Lipinski definition) is 2. The molecule has 0 atom stereocenters. The molecule has 0 aromatic rings. The Bertz CT molecular complexity index is 167. The van der Waals surface area contributed by atoms with Gasteiger partial charge in [0.25, 0.3) is 0 Å². The Morgan fingerprint density at radius 1 is 0.846 bits per heavy atom. The SMILES string of the molecule is Cl.NNC1C2CC3CC(C2)CC1C3. The molecule has 0 amide bonds. The maximum atomic E-state index is 5.60. The molecule has 0 heterocycles. The minimum atomic E-state index is 0. The first kappa shape index (κ1) is 9.75. The first-order valence-electron chi connectivity index (χ1n) is 5.33. The largest absolute Gasteiger partial charge is 0.271 e. The Morgan fingerprint density at radius 3 is 1.69 bits per heavy atom. The van der Waals surface area contributed by atoms with Crippen LogP contribution in [0.3, 0.4) is 0 Å². The van der Waals surface area contributed by atoms with Crippen molar-refractivity contribution in [3.05, 3.63) is 0 Å². The first-order chi connectivity index (χ1) is 5.86. The van der Waals surface area contributed by atoms with Gasteiger partial charge < -0.3 is 0 Å². The van der Waals surface area contributed by atoms with Gasteiger partial charge in [-0.15, -0.1) is 12.4 Å². The van der Waals surface area contributed by atoms with Crippen molar-refractivity contribution in [2.45, 2.75) is 38.1 Å². The van der Waals surface area contributed by atoms with Gasteiger partial charge in [0.2, 0.25) is 0 Å². The number of hydrazine groups is 1. The molecule has 76 valence electrons. The Morgan fingerprint density at radius 2 is 1.31 bits per heavy atom. The number of hydrogen-bond donors (Lipinski definition) is 2. The van der Waals surface area contributed by atoms with E-state index >= 15 is 0 Å². The van der Waals surface area contributed by atoms with Crippen molar-refractivity contribution in [3.8, 4) is 0 Å². The van der Waals surface area contributed by atoms with Crippen molar-refractivity contribution in [1.82, 2.24) is 5.43 Å². The summed E-state index contributed by atoms with van der Waals surface area (Å²) >= 11 is 0. The fraction of sp³-hybridized carbons (Fsp3) is 1.00. The van der Waals surface area contributed by atoms with Gasteiger partial charge >= 0.3 is 0 Å². The van der Waals surface area contributed by atoms with Crippen LogP contribution in [0.25, 0.3) is 0 Å². The van der Waals surface area contributed by atoms with Gasteiger partial charge in [0.1, 0.15) is 0 Å². The Kier molecular flexibility index (Phi) is 2.56. The minimum Gasteiger partial charge on any atom is -0.271 e. The zero-order valence-electron chi connectivity index (χ0n) is 7.91. The molecular formula is C10H19ClN2. The fourth-order valence-electron chi connectivity index (χ4n) is 4.20. The third kappa shape index (κ3) is 1.39. The molecule has 0 spiro atoms. The molecule has 4 bridgehead atoms. The number of rotatable bonds is 1. The van der Waals surface area contributed by atoms with Crippen LogP contribution in [-0.4, -0.2) is 6.04 Å². The molecule has 4 aliphatic rings. The second-order valence-corrected chi connectivity index (χ2v) is 5.12. The minimum absolute atomic E-state index is 0. The predicted octanol–water partition coefficient (Wildman–Crippen LogP) is 1.70. The van der Waals surface area contributed by atoms with Gasteiger partial charge in [-0.25, -0.2) is 0 Å². The molecule has 3 N–H and O–H groups in total. The van der Waals surface area contributed by atoms with Gasteiger partial charge in [0.05, 0.1) is 0 Å². The average molecular weight is 203 g/mol. The van der Waals surface area contributed by atoms with Gasteiger partial charge in [-0.3, -0.25) is 11.3 Å². The maximum absolute atomic E-state index is 5.60. The highest BCUT2D eigenvalue weighted by Crippen LogP contribution is 2.53. The lowest BCUT2D eigenvalue weighted by atomic mass is 9.54. The fourth-order valence-corrected chi connectivity index (χ4v) is 4.20. The van der Waals surface area contributed by atoms with Crippen LogP contribution in [-0.2, 0) is 0 Å². The molecule has 4 fully saturated rings. The predicted molar refractivity (Wildman–Crippen MR) is 55.4 cm³/mol. The first-order valence-corrected chi connectivity index (χ1v) is 5.33. The lowest BCUT2D eigenvalue weighted by Crippen LogP contribution is -2.56. The van der Waals surface area contributed by atoms with Gasteiger partial charge in [0, 0.05) is 6.04 Å². The molecule has 0 radical (unpaired) electrons. The third-order valence-electron chi connectivity index (χ3n) is 4.42. The van der Waals surface area contributed by atoms with Gasteiger partial charge in [0.15, 0.2) is 0 Å². The lowest BCUT2D eigenvalue weighted by Gasteiger charge is -2.54. The van der Waals surface area contributed by atoms with E-state index < -0.39 is 0 Å². The Balaban J connectivity index is 0.000000653. The highest BCUT2D eigenvalue weighted by atomic mass is 35.5. The molecule has 4 saturated carbocycles. The summed E-state index contributed by atoms with van der Waals surface area (Å²) in [5.74, 6) is 9.58. The highest BCUT2D eigenvalue weighted by Gasteiger charge is 2.47. The van der Waals surface area contributed by atoms with Gasteiger partial charge in [-0.2, -0.15) is 0 Å². The third-order valence-corrected chi connectivity index (χ3v) is 4.42. The van der Waals surface area contributed by atoms with Crippen molar-refractivity contribution in [3.63, 3.8) is 0 Å². The monoisotopic (exact) mass is 202 g/mol. The Labute approximate surface area is 86.0 Å². The summed E-state index contributed by atoms with van der Waals surface area (Å²) < 4.78 is 0. The van der Waals surface area contributed by atoms with E-state index in [4.69, 9.17) is 5.84 Å². The summed E-state index contributed by atoms with van der Waals surface area (Å²) in [4.78, 5) is 0. The van der Waals surface area contributed by atoms with E-state index in [0.29, 0.717) is 6.04 Å². The van der Waals surface area contributed by atoms with E-state index in [1.807, 2.05) is 0 Å². The molecule has 0 aromatic carbocycles. The highest BCUT2D eigenvalue weighted by molar-refractivity contribution is 5.85. The summed E-state index contributed by atoms with van der Waals surface area (Å²) in [6, 6.07) is 0.665. The summed E-state index contributed by atoms with van der Waals surface area (Å²) in [6.45, 7) is 0. The van der Waals surface area contributed by atoms with E-state index in [9.17, 15) is 0 Å². The second-order valence-electron chi connectivity index (χ2n) is 5.12. The van der Waals surface area contributed by atoms with Crippen LogP contribution in [0.2, 0.25) is 0 Å². The quantitative estimate of drug-likeness (QED) is 0.502. The van der Waals surface area contributed by atoms with E-state index in [1.165, 1.54) is 32.1 Å². The molecule has 4 rings (SSSR count). The second kappa shape index (κ2) is 3.41. The van der Waals surface area contributed by atoms with Crippen molar-refractivity contribution in [2.75, 3.05) is 0 Å². The Hall–Kier alpha value is 0.210. The summed E-state index contributed by atoms with van der Waals surface area (Å²) in [5.41, 5.74) is 3.05. The average Bonchev–Trinajstić information content (AvgIpc) is 2.02. The van der Waals surface area contributed by atoms with Gasteiger partial charge in [-0.05, 0) is 55.8 Å². The molecule has 0 aromatic heterocycles. The van der Waals surface area contributed by atoms with E-state index in [2.05, 4.69) is 5.43 Å². The van der Waals surface area contributed by atoms with Crippen LogP contribution in [0, 0.1) is 23.7 Å². The topological polar surface area (TPSA) is 38.0 Å². The van der Waals surface area contributed by atoms with E-state index in [0.717, 1.165) is 23.7 Å². The molecule has 0 saturated heterocycles. The van der Waals surface area contributed by atoms with Crippen LogP contribution in [0.15, 0.2) is 0 Å². The van der Waals surface area contributed by atoms with Crippen LogP contribution in [0.1, 0.15) is 32.1 Å². The smallest absolute Gasteiger partial charge is 0.0267 e. The van der Waals surface area contributed by atoms with Crippen molar-refractivity contribution in [1.29, 1.82) is 0 Å². The number of nitrogens with one attached hydrogen (secondary N) is 1. The molecular weight excluding hydrogens is 184 g/mol. The van der Waals surface area contributed by atoms with E-state index in [-0.39, 0.29) is 12.4 Å². The molecule has 0 aliphatic heterocycles. The number of nitrogens with two attached hydrogens (primary N) is 1. The molecule has 0 unspecified atom stereocenters. The van der Waals surface area contributed by atoms with Crippen LogP contribution >= 0.6 is 12.4 Å². The van der Waals surface area contributed by atoms with Crippen LogP contribution in [0.5, 0.6) is 0 Å².